The first kappa shape index (κ1) is 18.1. The van der Waals surface area contributed by atoms with Gasteiger partial charge in [0, 0.05) is 22.4 Å². The Morgan fingerprint density at radius 1 is 0.800 bits per heavy atom. The zero-order valence-electron chi connectivity index (χ0n) is 16.9. The van der Waals surface area contributed by atoms with E-state index in [9.17, 15) is 0 Å². The van der Waals surface area contributed by atoms with Crippen molar-refractivity contribution in [3.05, 3.63) is 101 Å². The molecule has 0 aliphatic heterocycles. The predicted octanol–water partition coefficient (Wildman–Crippen LogP) is 6.19. The number of fused-ring (bicyclic) bond motifs is 2. The molecule has 5 rings (SSSR count). The number of benzene rings is 3. The van der Waals surface area contributed by atoms with Crippen molar-refractivity contribution >= 4 is 27.7 Å². The SMILES string of the molecule is Cc1cc2oc(-c3ccccc3)c/c(=N\Nc3ccc4ccccc4n3)c2cc1C. The van der Waals surface area contributed by atoms with E-state index in [1.54, 1.807) is 0 Å². The van der Waals surface area contributed by atoms with Gasteiger partial charge in [-0.1, -0.05) is 48.5 Å². The van der Waals surface area contributed by atoms with Crippen LogP contribution in [0, 0.1) is 13.8 Å². The van der Waals surface area contributed by atoms with Gasteiger partial charge in [0.15, 0.2) is 0 Å². The predicted molar refractivity (Wildman–Crippen MR) is 122 cm³/mol. The summed E-state index contributed by atoms with van der Waals surface area (Å²) in [5, 5.41) is 7.57. The fraction of sp³-hybridized carbons (Fsp3) is 0.0769. The fourth-order valence-corrected chi connectivity index (χ4v) is 3.51. The minimum absolute atomic E-state index is 0.702. The standard InChI is InChI=1S/C26H21N3O/c1-17-14-21-23(28-29-26-13-12-19-8-6-7-11-22(19)27-26)16-24(20-9-4-3-5-10-20)30-25(21)15-18(17)2/h3-16H,1-2H3,(H,27,29)/b28-23+. The summed E-state index contributed by atoms with van der Waals surface area (Å²) in [5.74, 6) is 1.48. The molecule has 0 saturated heterocycles. The lowest BCUT2D eigenvalue weighted by Gasteiger charge is -2.08. The van der Waals surface area contributed by atoms with Gasteiger partial charge in [0.05, 0.1) is 10.9 Å². The van der Waals surface area contributed by atoms with Crippen molar-refractivity contribution in [2.45, 2.75) is 13.8 Å². The Labute approximate surface area is 174 Å². The molecule has 0 radical (unpaired) electrons. The average Bonchev–Trinajstić information content (AvgIpc) is 2.79. The molecule has 146 valence electrons. The van der Waals surface area contributed by atoms with E-state index in [1.807, 2.05) is 72.8 Å². The van der Waals surface area contributed by atoms with E-state index >= 15 is 0 Å². The molecule has 0 bridgehead atoms. The van der Waals surface area contributed by atoms with Gasteiger partial charge in [0.2, 0.25) is 0 Å². The topological polar surface area (TPSA) is 50.4 Å². The number of pyridine rings is 1. The van der Waals surface area contributed by atoms with Crippen LogP contribution in [0.5, 0.6) is 0 Å². The molecule has 0 saturated carbocycles. The van der Waals surface area contributed by atoms with Crippen LogP contribution in [-0.2, 0) is 0 Å². The normalized spacial score (nSPS) is 11.9. The number of hydrogen-bond acceptors (Lipinski definition) is 4. The number of aromatic nitrogens is 1. The second-order valence-corrected chi connectivity index (χ2v) is 7.41. The molecule has 4 heteroatoms. The van der Waals surface area contributed by atoms with Crippen LogP contribution >= 0.6 is 0 Å². The van der Waals surface area contributed by atoms with Gasteiger partial charge >= 0.3 is 0 Å². The molecule has 0 spiro atoms. The van der Waals surface area contributed by atoms with Crippen molar-refractivity contribution in [1.82, 2.24) is 4.98 Å². The van der Waals surface area contributed by atoms with Crippen LogP contribution in [0.1, 0.15) is 11.1 Å². The molecule has 2 heterocycles. The van der Waals surface area contributed by atoms with Crippen molar-refractivity contribution in [3.63, 3.8) is 0 Å². The molecule has 5 aromatic rings. The lowest BCUT2D eigenvalue weighted by molar-refractivity contribution is 0.617. The Kier molecular flexibility index (Phi) is 4.52. The van der Waals surface area contributed by atoms with E-state index < -0.39 is 0 Å². The number of hydrogen-bond donors (Lipinski definition) is 1. The summed E-state index contributed by atoms with van der Waals surface area (Å²) in [6.07, 6.45) is 0. The second kappa shape index (κ2) is 7.48. The van der Waals surface area contributed by atoms with E-state index in [-0.39, 0.29) is 0 Å². The highest BCUT2D eigenvalue weighted by atomic mass is 16.3. The first-order valence-corrected chi connectivity index (χ1v) is 9.93. The number of para-hydroxylation sites is 1. The first-order valence-electron chi connectivity index (χ1n) is 9.93. The van der Waals surface area contributed by atoms with Crippen molar-refractivity contribution < 1.29 is 4.42 Å². The Bertz CT molecular complexity index is 1440. The average molecular weight is 391 g/mol. The maximum Gasteiger partial charge on any atom is 0.146 e. The number of rotatable bonds is 3. The minimum Gasteiger partial charge on any atom is -0.456 e. The van der Waals surface area contributed by atoms with Gasteiger partial charge in [-0.2, -0.15) is 5.10 Å². The van der Waals surface area contributed by atoms with E-state index in [2.05, 4.69) is 36.4 Å². The van der Waals surface area contributed by atoms with Gasteiger partial charge in [-0.15, -0.1) is 0 Å². The van der Waals surface area contributed by atoms with Crippen LogP contribution in [0.4, 0.5) is 5.82 Å². The number of nitrogens with zero attached hydrogens (tertiary/aromatic N) is 2. The summed E-state index contributed by atoms with van der Waals surface area (Å²) >= 11 is 0. The summed E-state index contributed by atoms with van der Waals surface area (Å²) in [6, 6.07) is 28.3. The lowest BCUT2D eigenvalue weighted by Crippen LogP contribution is -2.08. The highest BCUT2D eigenvalue weighted by molar-refractivity contribution is 5.81. The Morgan fingerprint density at radius 2 is 1.57 bits per heavy atom. The lowest BCUT2D eigenvalue weighted by atomic mass is 10.1. The van der Waals surface area contributed by atoms with Crippen molar-refractivity contribution in [2.75, 3.05) is 5.43 Å². The molecule has 0 amide bonds. The summed E-state index contributed by atoms with van der Waals surface area (Å²) in [5.41, 5.74) is 8.27. The highest BCUT2D eigenvalue weighted by Gasteiger charge is 2.08. The molecule has 0 fully saturated rings. The highest BCUT2D eigenvalue weighted by Crippen LogP contribution is 2.24. The third-order valence-corrected chi connectivity index (χ3v) is 5.31. The molecule has 0 aliphatic carbocycles. The first-order chi connectivity index (χ1) is 14.7. The number of aryl methyl sites for hydroxylation is 2. The van der Waals surface area contributed by atoms with Crippen LogP contribution in [0.2, 0.25) is 0 Å². The van der Waals surface area contributed by atoms with Crippen LogP contribution < -0.4 is 10.8 Å². The Morgan fingerprint density at radius 3 is 2.43 bits per heavy atom. The van der Waals surface area contributed by atoms with Crippen LogP contribution in [0.3, 0.4) is 0 Å². The number of nitrogens with one attached hydrogen (secondary N) is 1. The van der Waals surface area contributed by atoms with Gasteiger partial charge in [-0.3, -0.25) is 5.43 Å². The molecule has 30 heavy (non-hydrogen) atoms. The quantitative estimate of drug-likeness (QED) is 0.373. The van der Waals surface area contributed by atoms with E-state index in [4.69, 9.17) is 9.52 Å². The Balaban J connectivity index is 1.66. The molecular formula is C26H21N3O. The molecule has 1 N–H and O–H groups in total. The van der Waals surface area contributed by atoms with E-state index in [0.717, 1.165) is 38.6 Å². The Hall–Kier alpha value is -3.92. The molecule has 4 nitrogen and oxygen atoms in total. The third kappa shape index (κ3) is 3.44. The van der Waals surface area contributed by atoms with Crippen LogP contribution in [0.25, 0.3) is 33.2 Å². The third-order valence-electron chi connectivity index (χ3n) is 5.31. The van der Waals surface area contributed by atoms with E-state index in [1.165, 1.54) is 11.1 Å². The molecule has 2 aromatic heterocycles. The molecular weight excluding hydrogens is 370 g/mol. The zero-order valence-corrected chi connectivity index (χ0v) is 16.9. The second-order valence-electron chi connectivity index (χ2n) is 7.41. The van der Waals surface area contributed by atoms with E-state index in [0.29, 0.717) is 5.82 Å². The largest absolute Gasteiger partial charge is 0.456 e. The van der Waals surface area contributed by atoms with Crippen molar-refractivity contribution in [1.29, 1.82) is 0 Å². The fourth-order valence-electron chi connectivity index (χ4n) is 3.51. The maximum absolute atomic E-state index is 6.23. The smallest absolute Gasteiger partial charge is 0.146 e. The van der Waals surface area contributed by atoms with Gasteiger partial charge < -0.3 is 4.42 Å². The van der Waals surface area contributed by atoms with Gasteiger partial charge in [0.25, 0.3) is 0 Å². The molecule has 0 aliphatic rings. The summed E-state index contributed by atoms with van der Waals surface area (Å²) in [6.45, 7) is 4.19. The molecule has 0 atom stereocenters. The summed E-state index contributed by atoms with van der Waals surface area (Å²) in [7, 11) is 0. The molecule has 0 unspecified atom stereocenters. The van der Waals surface area contributed by atoms with Gasteiger partial charge in [0.1, 0.15) is 17.2 Å². The van der Waals surface area contributed by atoms with Gasteiger partial charge in [-0.05, 0) is 55.3 Å². The van der Waals surface area contributed by atoms with Crippen LogP contribution in [0.15, 0.2) is 94.4 Å². The summed E-state index contributed by atoms with van der Waals surface area (Å²) in [4.78, 5) is 4.65. The maximum atomic E-state index is 6.23. The molecule has 3 aromatic carbocycles. The van der Waals surface area contributed by atoms with Crippen molar-refractivity contribution in [2.24, 2.45) is 5.10 Å². The van der Waals surface area contributed by atoms with Gasteiger partial charge in [-0.25, -0.2) is 4.98 Å². The monoisotopic (exact) mass is 391 g/mol. The summed E-state index contributed by atoms with van der Waals surface area (Å²) < 4.78 is 6.23. The number of anilines is 1. The van der Waals surface area contributed by atoms with Crippen molar-refractivity contribution in [3.8, 4) is 11.3 Å². The minimum atomic E-state index is 0.702. The zero-order chi connectivity index (χ0) is 20.5. The van der Waals surface area contributed by atoms with Crippen LogP contribution in [-0.4, -0.2) is 4.98 Å².